The smallest absolute Gasteiger partial charge is 0.237 e. The van der Waals surface area contributed by atoms with E-state index < -0.39 is 0 Å². The molecule has 168 valence electrons. The van der Waals surface area contributed by atoms with Crippen molar-refractivity contribution in [2.75, 3.05) is 10.6 Å². The molecule has 1 atom stereocenters. The van der Waals surface area contributed by atoms with Crippen molar-refractivity contribution in [3.8, 4) is 0 Å². The third-order valence-electron chi connectivity index (χ3n) is 6.09. The van der Waals surface area contributed by atoms with Gasteiger partial charge in [-0.15, -0.1) is 11.8 Å². The highest BCUT2D eigenvalue weighted by atomic mass is 32.2. The number of carbonyl (C=O) groups excluding carboxylic acids is 2. The number of aromatic nitrogens is 1. The van der Waals surface area contributed by atoms with Crippen LogP contribution in [0, 0.1) is 5.92 Å². The van der Waals surface area contributed by atoms with E-state index in [1.165, 1.54) is 28.2 Å². The Balaban J connectivity index is 1.30. The van der Waals surface area contributed by atoms with Crippen LogP contribution in [0.3, 0.4) is 0 Å². The number of thioether (sulfide) groups is 1. The molecule has 3 aromatic carbocycles. The maximum absolute atomic E-state index is 12.9. The van der Waals surface area contributed by atoms with Crippen LogP contribution < -0.4 is 10.6 Å². The molecule has 0 aliphatic heterocycles. The summed E-state index contributed by atoms with van der Waals surface area (Å²) < 4.78 is 2.30. The van der Waals surface area contributed by atoms with Crippen LogP contribution in [0.15, 0.2) is 71.6 Å². The highest BCUT2D eigenvalue weighted by Gasteiger charge is 2.29. The number of para-hydroxylation sites is 1. The molecule has 2 amide bonds. The Morgan fingerprint density at radius 2 is 1.70 bits per heavy atom. The van der Waals surface area contributed by atoms with Crippen LogP contribution in [0.25, 0.3) is 21.8 Å². The standard InChI is InChI=1S/C27H27N3O2S/c1-3-30-24-10-5-4-9-22(24)23-16-20(13-14-25(23)30)28-26(31)17(2)33-21-8-6-7-19(15-21)29-27(32)18-11-12-18/h4-10,13-18H,3,11-12H2,1-2H3,(H,28,31)(H,29,32). The number of carbonyl (C=O) groups is 2. The van der Waals surface area contributed by atoms with Gasteiger partial charge in [0.2, 0.25) is 11.8 Å². The second-order valence-electron chi connectivity index (χ2n) is 8.53. The number of nitrogens with zero attached hydrogens (tertiary/aromatic N) is 1. The predicted molar refractivity (Wildman–Crippen MR) is 137 cm³/mol. The molecule has 33 heavy (non-hydrogen) atoms. The van der Waals surface area contributed by atoms with Gasteiger partial charge < -0.3 is 15.2 Å². The monoisotopic (exact) mass is 457 g/mol. The molecule has 1 unspecified atom stereocenters. The Kier molecular flexibility index (Phi) is 5.85. The van der Waals surface area contributed by atoms with E-state index >= 15 is 0 Å². The van der Waals surface area contributed by atoms with Crippen LogP contribution in [0.4, 0.5) is 11.4 Å². The molecular formula is C27H27N3O2S. The number of amides is 2. The number of anilines is 2. The zero-order valence-corrected chi connectivity index (χ0v) is 19.6. The lowest BCUT2D eigenvalue weighted by atomic mass is 10.1. The average molecular weight is 458 g/mol. The fourth-order valence-electron chi connectivity index (χ4n) is 4.21. The van der Waals surface area contributed by atoms with Crippen molar-refractivity contribution < 1.29 is 9.59 Å². The number of hydrogen-bond acceptors (Lipinski definition) is 3. The lowest BCUT2D eigenvalue weighted by Crippen LogP contribution is -2.22. The summed E-state index contributed by atoms with van der Waals surface area (Å²) >= 11 is 1.48. The number of hydrogen-bond donors (Lipinski definition) is 2. The molecule has 6 heteroatoms. The minimum absolute atomic E-state index is 0.0500. The highest BCUT2D eigenvalue weighted by Crippen LogP contribution is 2.33. The minimum Gasteiger partial charge on any atom is -0.341 e. The number of aryl methyl sites for hydroxylation is 1. The van der Waals surface area contributed by atoms with Gasteiger partial charge >= 0.3 is 0 Å². The van der Waals surface area contributed by atoms with E-state index in [0.29, 0.717) is 0 Å². The summed E-state index contributed by atoms with van der Waals surface area (Å²) in [5, 5.41) is 8.10. The van der Waals surface area contributed by atoms with Gasteiger partial charge in [-0.25, -0.2) is 0 Å². The van der Waals surface area contributed by atoms with Crippen molar-refractivity contribution in [1.82, 2.24) is 4.57 Å². The summed E-state index contributed by atoms with van der Waals surface area (Å²) in [6.07, 6.45) is 1.95. The second-order valence-corrected chi connectivity index (χ2v) is 9.95. The molecule has 1 saturated carbocycles. The first-order valence-electron chi connectivity index (χ1n) is 11.4. The highest BCUT2D eigenvalue weighted by molar-refractivity contribution is 8.00. The molecule has 0 bridgehead atoms. The molecule has 0 radical (unpaired) electrons. The zero-order valence-electron chi connectivity index (χ0n) is 18.8. The van der Waals surface area contributed by atoms with Crippen molar-refractivity contribution in [3.63, 3.8) is 0 Å². The van der Waals surface area contributed by atoms with E-state index in [0.717, 1.165) is 41.0 Å². The number of benzene rings is 3. The van der Waals surface area contributed by atoms with Crippen LogP contribution in [-0.4, -0.2) is 21.6 Å². The number of rotatable bonds is 7. The Morgan fingerprint density at radius 1 is 0.939 bits per heavy atom. The predicted octanol–water partition coefficient (Wildman–Crippen LogP) is 6.28. The number of fused-ring (bicyclic) bond motifs is 3. The van der Waals surface area contributed by atoms with Gasteiger partial charge in [0.1, 0.15) is 0 Å². The van der Waals surface area contributed by atoms with Crippen molar-refractivity contribution in [3.05, 3.63) is 66.7 Å². The van der Waals surface area contributed by atoms with Crippen LogP contribution >= 0.6 is 11.8 Å². The summed E-state index contributed by atoms with van der Waals surface area (Å²) in [4.78, 5) is 25.9. The van der Waals surface area contributed by atoms with Crippen LogP contribution in [0.5, 0.6) is 0 Å². The maximum atomic E-state index is 12.9. The van der Waals surface area contributed by atoms with E-state index in [-0.39, 0.29) is 23.0 Å². The van der Waals surface area contributed by atoms with Crippen molar-refractivity contribution in [2.45, 2.75) is 43.4 Å². The van der Waals surface area contributed by atoms with Crippen molar-refractivity contribution in [2.24, 2.45) is 5.92 Å². The molecule has 1 fully saturated rings. The maximum Gasteiger partial charge on any atom is 0.237 e. The van der Waals surface area contributed by atoms with E-state index in [1.54, 1.807) is 0 Å². The fraction of sp³-hybridized carbons (Fsp3) is 0.259. The zero-order chi connectivity index (χ0) is 22.9. The first-order chi connectivity index (χ1) is 16.0. The van der Waals surface area contributed by atoms with Crippen LogP contribution in [0.2, 0.25) is 0 Å². The molecule has 4 aromatic rings. The fourth-order valence-corrected chi connectivity index (χ4v) is 5.14. The van der Waals surface area contributed by atoms with E-state index in [4.69, 9.17) is 0 Å². The molecule has 5 nitrogen and oxygen atoms in total. The Bertz CT molecular complexity index is 1360. The SMILES string of the molecule is CCn1c2ccccc2c2cc(NC(=O)C(C)Sc3cccc(NC(=O)C4CC4)c3)ccc21. The van der Waals surface area contributed by atoms with Crippen molar-refractivity contribution >= 4 is 56.8 Å². The first kappa shape index (κ1) is 21.6. The van der Waals surface area contributed by atoms with Crippen LogP contribution in [-0.2, 0) is 16.1 Å². The average Bonchev–Trinajstić information content (AvgIpc) is 3.62. The van der Waals surface area contributed by atoms with E-state index in [1.807, 2.05) is 43.3 Å². The van der Waals surface area contributed by atoms with Gasteiger partial charge in [-0.2, -0.15) is 0 Å². The Labute approximate surface area is 197 Å². The van der Waals surface area contributed by atoms with Gasteiger partial charge in [-0.1, -0.05) is 24.3 Å². The Morgan fingerprint density at radius 3 is 2.48 bits per heavy atom. The van der Waals surface area contributed by atoms with E-state index in [2.05, 4.69) is 52.5 Å². The third kappa shape index (κ3) is 4.48. The molecule has 1 heterocycles. The lowest BCUT2D eigenvalue weighted by molar-refractivity contribution is -0.117. The van der Waals surface area contributed by atoms with Gasteiger partial charge in [0.05, 0.1) is 5.25 Å². The Hall–Kier alpha value is -3.25. The summed E-state index contributed by atoms with van der Waals surface area (Å²) in [7, 11) is 0. The summed E-state index contributed by atoms with van der Waals surface area (Å²) in [5.74, 6) is 0.198. The quantitative estimate of drug-likeness (QED) is 0.321. The molecule has 1 aliphatic rings. The lowest BCUT2D eigenvalue weighted by Gasteiger charge is -2.13. The third-order valence-corrected chi connectivity index (χ3v) is 7.18. The van der Waals surface area contributed by atoms with Gasteiger partial charge in [0.15, 0.2) is 0 Å². The molecule has 1 aromatic heterocycles. The first-order valence-corrected chi connectivity index (χ1v) is 12.3. The summed E-state index contributed by atoms with van der Waals surface area (Å²) in [6, 6.07) is 22.2. The largest absolute Gasteiger partial charge is 0.341 e. The summed E-state index contributed by atoms with van der Waals surface area (Å²) in [5.41, 5.74) is 3.95. The summed E-state index contributed by atoms with van der Waals surface area (Å²) in [6.45, 7) is 4.94. The molecule has 0 saturated heterocycles. The minimum atomic E-state index is -0.285. The molecule has 0 spiro atoms. The normalized spacial score (nSPS) is 14.4. The van der Waals surface area contributed by atoms with Crippen LogP contribution in [0.1, 0.15) is 26.7 Å². The topological polar surface area (TPSA) is 63.1 Å². The van der Waals surface area contributed by atoms with Crippen molar-refractivity contribution in [1.29, 1.82) is 0 Å². The number of nitrogens with one attached hydrogen (secondary N) is 2. The molecule has 5 rings (SSSR count). The van der Waals surface area contributed by atoms with Gasteiger partial charge in [0, 0.05) is 50.5 Å². The van der Waals surface area contributed by atoms with Gasteiger partial charge in [-0.05, 0) is 69.2 Å². The van der Waals surface area contributed by atoms with E-state index in [9.17, 15) is 9.59 Å². The second kappa shape index (κ2) is 8.94. The molecule has 1 aliphatic carbocycles. The molecular weight excluding hydrogens is 430 g/mol. The van der Waals surface area contributed by atoms with Gasteiger partial charge in [0.25, 0.3) is 0 Å². The molecule has 2 N–H and O–H groups in total. The van der Waals surface area contributed by atoms with Gasteiger partial charge in [-0.3, -0.25) is 9.59 Å².